The standard InChI is InChI=1S/C25H26ClFN6O4S2/c1-17(32-39(29,36)37)15-30-24(28)33-16-25(19-5-3-2-4-6-19,23(31-33)18-7-11-21(27)12-8-18)38(34,35)22-13-9-20(26)10-14-22/h2-14,17,32H,15-16H2,1H3,(H2,28,30)(H2,29,36,37). The third kappa shape index (κ3) is 5.97. The highest BCUT2D eigenvalue weighted by atomic mass is 35.5. The summed E-state index contributed by atoms with van der Waals surface area (Å²) in [5.74, 6) is -0.785. The van der Waals surface area contributed by atoms with Crippen molar-refractivity contribution >= 4 is 43.3 Å². The van der Waals surface area contributed by atoms with E-state index < -0.39 is 36.7 Å². The fourth-order valence-corrected chi connectivity index (χ4v) is 7.15. The van der Waals surface area contributed by atoms with Crippen molar-refractivity contribution in [2.45, 2.75) is 22.6 Å². The summed E-state index contributed by atoms with van der Waals surface area (Å²) >= 11 is 6.03. The Labute approximate surface area is 231 Å². The van der Waals surface area contributed by atoms with Crippen molar-refractivity contribution in [2.24, 2.45) is 10.2 Å². The smallest absolute Gasteiger partial charge is 0.274 e. The maximum Gasteiger partial charge on any atom is 0.274 e. The molecule has 0 bridgehead atoms. The summed E-state index contributed by atoms with van der Waals surface area (Å²) in [4.78, 5) is -0.0159. The van der Waals surface area contributed by atoms with E-state index in [0.717, 1.165) is 0 Å². The van der Waals surface area contributed by atoms with Crippen molar-refractivity contribution in [2.75, 3.05) is 13.1 Å². The summed E-state index contributed by atoms with van der Waals surface area (Å²) in [6, 6.07) is 18.8. The fraction of sp³-hybridized carbons (Fsp3) is 0.200. The number of benzene rings is 3. The number of halogens is 2. The number of nitrogens with two attached hydrogens (primary N) is 1. The van der Waals surface area contributed by atoms with Gasteiger partial charge in [-0.1, -0.05) is 54.1 Å². The summed E-state index contributed by atoms with van der Waals surface area (Å²) in [6.45, 7) is 1.22. The first-order valence-electron chi connectivity index (χ1n) is 11.6. The second-order valence-corrected chi connectivity index (χ2v) is 12.9. The molecule has 14 heteroatoms. The maximum absolute atomic E-state index is 14.5. The Hall–Kier alpha value is -3.36. The molecule has 10 nitrogen and oxygen atoms in total. The van der Waals surface area contributed by atoms with Gasteiger partial charge in [0.15, 0.2) is 14.6 Å². The lowest BCUT2D eigenvalue weighted by Gasteiger charge is -2.31. The summed E-state index contributed by atoms with van der Waals surface area (Å²) in [7, 11) is -8.22. The van der Waals surface area contributed by atoms with Crippen LogP contribution in [0.5, 0.6) is 0 Å². The molecule has 206 valence electrons. The van der Waals surface area contributed by atoms with Gasteiger partial charge in [-0.05, 0) is 48.9 Å². The van der Waals surface area contributed by atoms with Crippen molar-refractivity contribution in [3.8, 4) is 0 Å². The molecule has 0 spiro atoms. The van der Waals surface area contributed by atoms with Crippen LogP contribution in [0.1, 0.15) is 18.1 Å². The Bertz CT molecular complexity index is 1600. The topological polar surface area (TPSA) is 158 Å². The molecule has 4 rings (SSSR count). The van der Waals surface area contributed by atoms with Gasteiger partial charge in [-0.25, -0.2) is 23.0 Å². The van der Waals surface area contributed by atoms with Crippen LogP contribution in [0.2, 0.25) is 5.02 Å². The van der Waals surface area contributed by atoms with Gasteiger partial charge in [0.2, 0.25) is 5.96 Å². The third-order valence-corrected chi connectivity index (χ3v) is 9.47. The molecular formula is C25H26ClFN6O4S2. The first kappa shape index (κ1) is 28.6. The maximum atomic E-state index is 14.5. The van der Waals surface area contributed by atoms with Gasteiger partial charge < -0.3 is 5.32 Å². The van der Waals surface area contributed by atoms with Crippen molar-refractivity contribution < 1.29 is 21.2 Å². The third-order valence-electron chi connectivity index (χ3n) is 6.12. The van der Waals surface area contributed by atoms with Crippen LogP contribution in [0.25, 0.3) is 0 Å². The summed E-state index contributed by atoms with van der Waals surface area (Å²) < 4.78 is 65.9. The molecule has 3 aromatic carbocycles. The van der Waals surface area contributed by atoms with Crippen LogP contribution in [0.15, 0.2) is 88.9 Å². The molecule has 0 aliphatic carbocycles. The van der Waals surface area contributed by atoms with Crippen molar-refractivity contribution in [1.82, 2.24) is 15.0 Å². The number of rotatable bonds is 8. The highest BCUT2D eigenvalue weighted by Crippen LogP contribution is 2.43. The van der Waals surface area contributed by atoms with Crippen LogP contribution in [-0.2, 0) is 24.8 Å². The van der Waals surface area contributed by atoms with E-state index in [9.17, 15) is 21.2 Å². The Morgan fingerprint density at radius 3 is 2.28 bits per heavy atom. The molecule has 5 N–H and O–H groups in total. The second-order valence-electron chi connectivity index (χ2n) is 8.96. The SMILES string of the molecule is CC(CNC(=N)N1CC(c2ccccc2)(S(=O)(=O)c2ccc(Cl)cc2)C(c2ccc(F)cc2)=N1)NS(N)(=O)=O. The highest BCUT2D eigenvalue weighted by Gasteiger charge is 2.56. The van der Waals surface area contributed by atoms with Gasteiger partial charge in [-0.3, -0.25) is 5.41 Å². The molecule has 2 unspecified atom stereocenters. The molecule has 3 aromatic rings. The van der Waals surface area contributed by atoms with Gasteiger partial charge in [0.25, 0.3) is 10.2 Å². The molecule has 0 aromatic heterocycles. The number of sulfone groups is 1. The van der Waals surface area contributed by atoms with Crippen molar-refractivity contribution in [3.05, 3.63) is 101 Å². The first-order chi connectivity index (χ1) is 18.3. The van der Waals surface area contributed by atoms with Gasteiger partial charge in [0.05, 0.1) is 17.2 Å². The summed E-state index contributed by atoms with van der Waals surface area (Å²) in [5, 5.41) is 22.5. The summed E-state index contributed by atoms with van der Waals surface area (Å²) in [5.41, 5.74) is 0.825. The monoisotopic (exact) mass is 592 g/mol. The van der Waals surface area contributed by atoms with E-state index in [1.807, 2.05) is 0 Å². The lowest BCUT2D eigenvalue weighted by atomic mass is 9.89. The average Bonchev–Trinajstić information content (AvgIpc) is 3.30. The number of nitrogens with zero attached hydrogens (tertiary/aromatic N) is 2. The minimum atomic E-state index is -4.26. The Kier molecular flexibility index (Phi) is 8.09. The predicted octanol–water partition coefficient (Wildman–Crippen LogP) is 2.57. The van der Waals surface area contributed by atoms with E-state index in [1.165, 1.54) is 53.5 Å². The number of hydrazone groups is 1. The van der Waals surface area contributed by atoms with Crippen LogP contribution in [-0.4, -0.2) is 52.6 Å². The Balaban J connectivity index is 1.84. The molecule has 1 aliphatic rings. The minimum absolute atomic E-state index is 0.0159. The number of hydrogen-bond acceptors (Lipinski definition) is 6. The van der Waals surface area contributed by atoms with Crippen LogP contribution in [0, 0.1) is 11.2 Å². The van der Waals surface area contributed by atoms with Gasteiger partial charge in [0.1, 0.15) is 5.82 Å². The van der Waals surface area contributed by atoms with E-state index in [0.29, 0.717) is 16.1 Å². The van der Waals surface area contributed by atoms with Crippen LogP contribution < -0.4 is 15.2 Å². The average molecular weight is 593 g/mol. The lowest BCUT2D eigenvalue weighted by molar-refractivity contribution is 0.427. The van der Waals surface area contributed by atoms with E-state index >= 15 is 0 Å². The first-order valence-corrected chi connectivity index (χ1v) is 15.0. The molecule has 39 heavy (non-hydrogen) atoms. The van der Waals surface area contributed by atoms with Gasteiger partial charge >= 0.3 is 0 Å². The zero-order valence-electron chi connectivity index (χ0n) is 20.7. The fourth-order valence-electron chi connectivity index (χ4n) is 4.33. The van der Waals surface area contributed by atoms with Crippen LogP contribution in [0.4, 0.5) is 4.39 Å². The van der Waals surface area contributed by atoms with Gasteiger partial charge in [-0.2, -0.15) is 18.2 Å². The quantitative estimate of drug-likeness (QED) is 0.232. The normalized spacial score (nSPS) is 18.5. The molecule has 1 aliphatic heterocycles. The molecule has 2 atom stereocenters. The molecule has 0 fully saturated rings. The molecule has 0 amide bonds. The molecule has 0 saturated heterocycles. The highest BCUT2D eigenvalue weighted by molar-refractivity contribution is 7.93. The van der Waals surface area contributed by atoms with Crippen molar-refractivity contribution in [3.63, 3.8) is 0 Å². The van der Waals surface area contributed by atoms with E-state index in [2.05, 4.69) is 15.1 Å². The van der Waals surface area contributed by atoms with Gasteiger partial charge in [-0.15, -0.1) is 0 Å². The zero-order valence-corrected chi connectivity index (χ0v) is 23.1. The second kappa shape index (κ2) is 11.0. The molecule has 0 radical (unpaired) electrons. The minimum Gasteiger partial charge on any atom is -0.353 e. The lowest BCUT2D eigenvalue weighted by Crippen LogP contribution is -2.50. The number of hydrogen-bond donors (Lipinski definition) is 4. The number of nitrogens with one attached hydrogen (secondary N) is 3. The predicted molar refractivity (Wildman–Crippen MR) is 148 cm³/mol. The summed E-state index contributed by atoms with van der Waals surface area (Å²) in [6.07, 6.45) is 0. The number of guanidine groups is 1. The van der Waals surface area contributed by atoms with Crippen molar-refractivity contribution in [1.29, 1.82) is 5.41 Å². The van der Waals surface area contributed by atoms with Crippen LogP contribution in [0.3, 0.4) is 0 Å². The Morgan fingerprint density at radius 2 is 1.69 bits per heavy atom. The van der Waals surface area contributed by atoms with E-state index in [1.54, 1.807) is 37.3 Å². The van der Waals surface area contributed by atoms with Crippen LogP contribution >= 0.6 is 11.6 Å². The molecular weight excluding hydrogens is 567 g/mol. The largest absolute Gasteiger partial charge is 0.353 e. The van der Waals surface area contributed by atoms with E-state index in [4.69, 9.17) is 22.1 Å². The molecule has 0 saturated carbocycles. The van der Waals surface area contributed by atoms with E-state index in [-0.39, 0.29) is 29.7 Å². The zero-order chi connectivity index (χ0) is 28.4. The van der Waals surface area contributed by atoms with Gasteiger partial charge in [0, 0.05) is 23.2 Å². The molecule has 1 heterocycles. The Morgan fingerprint density at radius 1 is 1.08 bits per heavy atom.